The van der Waals surface area contributed by atoms with Crippen LogP contribution in [0.2, 0.25) is 0 Å². The van der Waals surface area contributed by atoms with Crippen molar-refractivity contribution in [2.45, 2.75) is 63.5 Å². The van der Waals surface area contributed by atoms with E-state index >= 15 is 0 Å². The third kappa shape index (κ3) is 3.90. The maximum Gasteiger partial charge on any atom is 0.316 e. The van der Waals surface area contributed by atoms with Crippen LogP contribution >= 0.6 is 0 Å². The summed E-state index contributed by atoms with van der Waals surface area (Å²) in [4.78, 5) is 11.0. The first-order valence-electron chi connectivity index (χ1n) is 10.9. The van der Waals surface area contributed by atoms with E-state index < -0.39 is 0 Å². The molecule has 6 heteroatoms. The molecule has 0 unspecified atom stereocenters. The topological polar surface area (TPSA) is 56.7 Å². The Morgan fingerprint density at radius 1 is 1.10 bits per heavy atom. The van der Waals surface area contributed by atoms with Gasteiger partial charge in [0.05, 0.1) is 19.0 Å². The van der Waals surface area contributed by atoms with Gasteiger partial charge in [-0.1, -0.05) is 6.42 Å². The molecule has 3 aliphatic rings. The highest BCUT2D eigenvalue weighted by atomic mass is 16.5. The maximum absolute atomic E-state index is 6.56. The Morgan fingerprint density at radius 2 is 1.90 bits per heavy atom. The molecule has 0 bridgehead atoms. The van der Waals surface area contributed by atoms with E-state index in [2.05, 4.69) is 27.0 Å². The van der Waals surface area contributed by atoms with Gasteiger partial charge in [0.1, 0.15) is 17.1 Å². The highest BCUT2D eigenvalue weighted by Gasteiger charge is 2.41. The minimum absolute atomic E-state index is 0.0264. The van der Waals surface area contributed by atoms with E-state index in [4.69, 9.17) is 14.2 Å². The van der Waals surface area contributed by atoms with E-state index in [9.17, 15) is 0 Å². The van der Waals surface area contributed by atoms with Crippen LogP contribution < -0.4 is 14.2 Å². The van der Waals surface area contributed by atoms with Crippen LogP contribution in [0.15, 0.2) is 30.6 Å². The van der Waals surface area contributed by atoms with Gasteiger partial charge in [-0.2, -0.15) is 9.97 Å². The Hall–Kier alpha value is -2.34. The van der Waals surface area contributed by atoms with Crippen LogP contribution in [-0.2, 0) is 6.42 Å². The average Bonchev–Trinajstić information content (AvgIpc) is 2.70. The summed E-state index contributed by atoms with van der Waals surface area (Å²) < 4.78 is 17.8. The molecule has 6 nitrogen and oxygen atoms in total. The predicted molar refractivity (Wildman–Crippen MR) is 110 cm³/mol. The molecule has 0 atom stereocenters. The van der Waals surface area contributed by atoms with Gasteiger partial charge in [-0.05, 0) is 69.2 Å². The zero-order chi connectivity index (χ0) is 19.7. The molecule has 2 aromatic rings. The van der Waals surface area contributed by atoms with Crippen molar-refractivity contribution >= 4 is 0 Å². The van der Waals surface area contributed by atoms with Gasteiger partial charge in [0.25, 0.3) is 0 Å². The van der Waals surface area contributed by atoms with Crippen LogP contribution in [0.5, 0.6) is 23.3 Å². The fourth-order valence-electron chi connectivity index (χ4n) is 4.66. The molecule has 1 aromatic heterocycles. The lowest BCUT2D eigenvalue weighted by atomic mass is 9.81. The van der Waals surface area contributed by atoms with Crippen molar-refractivity contribution in [3.63, 3.8) is 0 Å². The van der Waals surface area contributed by atoms with Gasteiger partial charge in [0.2, 0.25) is 0 Å². The van der Waals surface area contributed by atoms with Crippen molar-refractivity contribution in [2.24, 2.45) is 0 Å². The molecule has 1 spiro atoms. The normalized spacial score (nSPS) is 21.1. The summed E-state index contributed by atoms with van der Waals surface area (Å²) >= 11 is 0. The Kier molecular flexibility index (Phi) is 5.04. The zero-order valence-electron chi connectivity index (χ0n) is 17.1. The van der Waals surface area contributed by atoms with Crippen molar-refractivity contribution in [1.29, 1.82) is 0 Å². The van der Waals surface area contributed by atoms with Crippen LogP contribution in [0.4, 0.5) is 0 Å². The van der Waals surface area contributed by atoms with Crippen molar-refractivity contribution in [3.05, 3.63) is 36.2 Å². The summed E-state index contributed by atoms with van der Waals surface area (Å²) in [7, 11) is 0. The van der Waals surface area contributed by atoms with Crippen molar-refractivity contribution in [1.82, 2.24) is 14.9 Å². The first-order valence-corrected chi connectivity index (χ1v) is 10.9. The minimum atomic E-state index is 0.0264. The third-order valence-corrected chi connectivity index (χ3v) is 6.62. The summed E-state index contributed by atoms with van der Waals surface area (Å²) in [6, 6.07) is 7.32. The van der Waals surface area contributed by atoms with Crippen molar-refractivity contribution in [3.8, 4) is 23.3 Å². The molecule has 3 heterocycles. The quantitative estimate of drug-likeness (QED) is 0.749. The number of likely N-dealkylation sites (tertiary alicyclic amines) is 1. The smallest absolute Gasteiger partial charge is 0.316 e. The number of fused-ring (bicyclic) bond motifs is 1. The molecule has 0 amide bonds. The van der Waals surface area contributed by atoms with Crippen LogP contribution in [0.3, 0.4) is 0 Å². The second kappa shape index (κ2) is 7.82. The van der Waals surface area contributed by atoms with E-state index in [1.807, 2.05) is 13.0 Å². The van der Waals surface area contributed by atoms with Crippen LogP contribution in [-0.4, -0.2) is 46.2 Å². The first kappa shape index (κ1) is 18.7. The summed E-state index contributed by atoms with van der Waals surface area (Å²) in [6.45, 7) is 4.81. The van der Waals surface area contributed by atoms with Crippen molar-refractivity contribution in [2.75, 3.05) is 19.7 Å². The molecule has 1 aromatic carbocycles. The van der Waals surface area contributed by atoms with E-state index in [1.54, 1.807) is 12.4 Å². The molecule has 29 heavy (non-hydrogen) atoms. The monoisotopic (exact) mass is 395 g/mol. The number of hydrogen-bond acceptors (Lipinski definition) is 6. The number of nitrogens with zero attached hydrogens (tertiary/aromatic N) is 3. The highest BCUT2D eigenvalue weighted by molar-refractivity contribution is 5.43. The number of piperidine rings is 1. The van der Waals surface area contributed by atoms with Gasteiger partial charge in [-0.3, -0.25) is 0 Å². The summed E-state index contributed by atoms with van der Waals surface area (Å²) in [5.74, 6) is 2.41. The van der Waals surface area contributed by atoms with E-state index in [1.165, 1.54) is 37.9 Å². The SMILES string of the molecule is CCOc1ncc(Oc2ccc3c(c2)CCC2(CCN(C4CCC4)CC2)O3)cn1. The molecule has 2 fully saturated rings. The van der Waals surface area contributed by atoms with Crippen LogP contribution in [0, 0.1) is 0 Å². The Labute approximate surface area is 172 Å². The number of aromatic nitrogens is 2. The Bertz CT molecular complexity index is 843. The molecule has 5 rings (SSSR count). The molecular weight excluding hydrogens is 366 g/mol. The maximum atomic E-state index is 6.56. The number of aryl methyl sites for hydroxylation is 1. The Morgan fingerprint density at radius 3 is 2.59 bits per heavy atom. The average molecular weight is 396 g/mol. The molecule has 1 saturated carbocycles. The van der Waals surface area contributed by atoms with E-state index in [-0.39, 0.29) is 5.60 Å². The van der Waals surface area contributed by atoms with E-state index in [0.29, 0.717) is 18.4 Å². The van der Waals surface area contributed by atoms with Gasteiger partial charge in [-0.25, -0.2) is 0 Å². The molecule has 1 saturated heterocycles. The number of benzene rings is 1. The standard InChI is InChI=1S/C23H29N3O3/c1-2-27-22-24-15-20(16-25-22)28-19-6-7-21-17(14-19)8-9-23(29-21)10-12-26(13-11-23)18-4-3-5-18/h6-7,14-16,18H,2-5,8-13H2,1H3. The lowest BCUT2D eigenvalue weighted by Crippen LogP contribution is -2.53. The van der Waals surface area contributed by atoms with Gasteiger partial charge in [0, 0.05) is 19.1 Å². The first-order chi connectivity index (χ1) is 14.2. The summed E-state index contributed by atoms with van der Waals surface area (Å²) in [5, 5.41) is 0. The highest BCUT2D eigenvalue weighted by Crippen LogP contribution is 2.42. The fraction of sp³-hybridized carbons (Fsp3) is 0.565. The Balaban J connectivity index is 1.22. The predicted octanol–water partition coefficient (Wildman–Crippen LogP) is 4.38. The molecule has 0 radical (unpaired) electrons. The van der Waals surface area contributed by atoms with Gasteiger partial charge in [-0.15, -0.1) is 0 Å². The van der Waals surface area contributed by atoms with Crippen LogP contribution in [0.25, 0.3) is 0 Å². The molecule has 0 N–H and O–H groups in total. The van der Waals surface area contributed by atoms with Gasteiger partial charge in [0.15, 0.2) is 5.75 Å². The lowest BCUT2D eigenvalue weighted by Gasteiger charge is -2.48. The summed E-state index contributed by atoms with van der Waals surface area (Å²) in [6.07, 6.45) is 11.9. The molecule has 2 aliphatic heterocycles. The minimum Gasteiger partial charge on any atom is -0.487 e. The van der Waals surface area contributed by atoms with Crippen LogP contribution in [0.1, 0.15) is 51.0 Å². The van der Waals surface area contributed by atoms with Gasteiger partial charge >= 0.3 is 6.01 Å². The number of hydrogen-bond donors (Lipinski definition) is 0. The summed E-state index contributed by atoms with van der Waals surface area (Å²) in [5.41, 5.74) is 1.25. The molecular formula is C23H29N3O3. The fourth-order valence-corrected chi connectivity index (χ4v) is 4.66. The van der Waals surface area contributed by atoms with E-state index in [0.717, 1.165) is 43.2 Å². The van der Waals surface area contributed by atoms with Crippen molar-refractivity contribution < 1.29 is 14.2 Å². The lowest BCUT2D eigenvalue weighted by molar-refractivity contribution is -0.0337. The molecule has 154 valence electrons. The number of rotatable bonds is 5. The third-order valence-electron chi connectivity index (χ3n) is 6.62. The van der Waals surface area contributed by atoms with Gasteiger partial charge < -0.3 is 19.1 Å². The second-order valence-electron chi connectivity index (χ2n) is 8.41. The largest absolute Gasteiger partial charge is 0.487 e. The number of ether oxygens (including phenoxy) is 3. The zero-order valence-corrected chi connectivity index (χ0v) is 17.1. The molecule has 1 aliphatic carbocycles. The second-order valence-corrected chi connectivity index (χ2v) is 8.41.